The molecule has 0 radical (unpaired) electrons. The molecule has 3 aromatic rings. The molecule has 0 spiro atoms. The van der Waals surface area contributed by atoms with Gasteiger partial charge in [0.1, 0.15) is 5.03 Å². The number of pyridine rings is 1. The van der Waals surface area contributed by atoms with E-state index in [0.29, 0.717) is 29.4 Å². The third kappa shape index (κ3) is 7.07. The number of urea groups is 1. The predicted octanol–water partition coefficient (Wildman–Crippen LogP) is 4.75. The number of ether oxygens (including phenoxy) is 2. The Morgan fingerprint density at radius 2 is 1.78 bits per heavy atom. The smallest absolute Gasteiger partial charge is 0.338 e. The van der Waals surface area contributed by atoms with Crippen molar-refractivity contribution in [3.05, 3.63) is 89.1 Å². The summed E-state index contributed by atoms with van der Waals surface area (Å²) in [5.74, 6) is -0.538. The largest absolute Gasteiger partial charge is 0.478 e. The lowest BCUT2D eigenvalue weighted by Gasteiger charge is -2.36. The fourth-order valence-electron chi connectivity index (χ4n) is 3.92. The molecule has 1 aliphatic rings. The number of carboxylic acid groups (broad SMARTS) is 1. The van der Waals surface area contributed by atoms with Crippen LogP contribution in [0.3, 0.4) is 0 Å². The van der Waals surface area contributed by atoms with Crippen molar-refractivity contribution in [2.24, 2.45) is 0 Å². The van der Waals surface area contributed by atoms with E-state index in [-0.39, 0.29) is 30.4 Å². The molecule has 2 amide bonds. The first-order valence-electron chi connectivity index (χ1n) is 11.9. The second-order valence-corrected chi connectivity index (χ2v) is 9.44. The van der Waals surface area contributed by atoms with Gasteiger partial charge in [-0.05, 0) is 42.3 Å². The molecule has 3 atom stereocenters. The lowest BCUT2D eigenvalue weighted by atomic mass is 10.0. The molecule has 2 aromatic carbocycles. The van der Waals surface area contributed by atoms with Gasteiger partial charge in [0.25, 0.3) is 0 Å². The second-order valence-electron chi connectivity index (χ2n) is 8.43. The number of amides is 2. The van der Waals surface area contributed by atoms with Crippen molar-refractivity contribution in [1.29, 1.82) is 0 Å². The summed E-state index contributed by atoms with van der Waals surface area (Å²) in [5, 5.41) is 24.8. The van der Waals surface area contributed by atoms with Crippen LogP contribution in [0.5, 0.6) is 0 Å². The van der Waals surface area contributed by atoms with Gasteiger partial charge in [0, 0.05) is 36.2 Å². The quantitative estimate of drug-likeness (QED) is 0.296. The van der Waals surface area contributed by atoms with Crippen molar-refractivity contribution in [1.82, 2.24) is 10.3 Å². The van der Waals surface area contributed by atoms with Crippen LogP contribution >= 0.6 is 11.8 Å². The normalized spacial score (nSPS) is 19.2. The number of anilines is 1. The van der Waals surface area contributed by atoms with E-state index in [1.165, 1.54) is 17.8 Å². The lowest BCUT2D eigenvalue weighted by Crippen LogP contribution is -2.31. The number of aliphatic hydroxyl groups excluding tert-OH is 1. The number of nitrogens with one attached hydrogen (secondary N) is 2. The number of rotatable bonds is 9. The first kappa shape index (κ1) is 26.6. The molecule has 0 unspecified atom stereocenters. The summed E-state index contributed by atoms with van der Waals surface area (Å²) in [6.45, 7) is 2.34. The van der Waals surface area contributed by atoms with Crippen LogP contribution in [0, 0.1) is 0 Å². The number of carboxylic acids is 1. The zero-order valence-electron chi connectivity index (χ0n) is 20.3. The van der Waals surface area contributed by atoms with Gasteiger partial charge in [-0.25, -0.2) is 14.6 Å². The van der Waals surface area contributed by atoms with E-state index in [1.54, 1.807) is 24.4 Å². The van der Waals surface area contributed by atoms with Crippen LogP contribution in [0.1, 0.15) is 52.8 Å². The third-order valence-corrected chi connectivity index (χ3v) is 6.94. The molecule has 0 bridgehead atoms. The molecule has 4 rings (SSSR count). The van der Waals surface area contributed by atoms with Gasteiger partial charge in [0.2, 0.25) is 0 Å². The zero-order chi connectivity index (χ0) is 26.2. The Balaban J connectivity index is 1.52. The van der Waals surface area contributed by atoms with E-state index in [0.717, 1.165) is 16.7 Å². The van der Waals surface area contributed by atoms with E-state index >= 15 is 0 Å². The number of aromatic carboxylic acids is 1. The maximum atomic E-state index is 11.8. The molecule has 1 aromatic heterocycles. The molecular weight excluding hydrogens is 494 g/mol. The van der Waals surface area contributed by atoms with Crippen molar-refractivity contribution < 1.29 is 29.3 Å². The number of aliphatic hydroxyl groups is 1. The summed E-state index contributed by atoms with van der Waals surface area (Å²) in [4.78, 5) is 27.6. The first-order valence-corrected chi connectivity index (χ1v) is 12.9. The molecule has 9 nitrogen and oxygen atoms in total. The van der Waals surface area contributed by atoms with E-state index in [2.05, 4.69) is 15.6 Å². The van der Waals surface area contributed by atoms with Crippen LogP contribution in [0.4, 0.5) is 10.5 Å². The Bertz CT molecular complexity index is 1210. The molecule has 1 saturated heterocycles. The molecule has 0 saturated carbocycles. The topological polar surface area (TPSA) is 130 Å². The molecule has 0 aliphatic carbocycles. The highest BCUT2D eigenvalue weighted by Crippen LogP contribution is 2.39. The van der Waals surface area contributed by atoms with Gasteiger partial charge in [-0.1, -0.05) is 36.4 Å². The Morgan fingerprint density at radius 1 is 1.05 bits per heavy atom. The minimum atomic E-state index is -1.02. The molecule has 37 heavy (non-hydrogen) atoms. The molecule has 1 fully saturated rings. The van der Waals surface area contributed by atoms with Gasteiger partial charge in [0.15, 0.2) is 6.29 Å². The highest BCUT2D eigenvalue weighted by Gasteiger charge is 2.32. The van der Waals surface area contributed by atoms with Gasteiger partial charge in [-0.15, -0.1) is 11.8 Å². The predicted molar refractivity (Wildman–Crippen MR) is 139 cm³/mol. The Labute approximate surface area is 219 Å². The van der Waals surface area contributed by atoms with Crippen LogP contribution < -0.4 is 10.6 Å². The maximum Gasteiger partial charge on any atom is 0.338 e. The van der Waals surface area contributed by atoms with Crippen molar-refractivity contribution in [3.8, 4) is 0 Å². The van der Waals surface area contributed by atoms with Crippen LogP contribution in [-0.2, 0) is 16.1 Å². The fourth-order valence-corrected chi connectivity index (χ4v) is 4.93. The van der Waals surface area contributed by atoms with E-state index in [9.17, 15) is 19.8 Å². The molecular formula is C27H29N3O6S. The number of thioether (sulfide) groups is 1. The molecule has 1 aliphatic heterocycles. The minimum absolute atomic E-state index is 0.0382. The lowest BCUT2D eigenvalue weighted by molar-refractivity contribution is -0.245. The van der Waals surface area contributed by atoms with Crippen LogP contribution in [0.15, 0.2) is 71.9 Å². The van der Waals surface area contributed by atoms with Gasteiger partial charge in [-0.2, -0.15) is 0 Å². The molecule has 2 heterocycles. The van der Waals surface area contributed by atoms with Gasteiger partial charge >= 0.3 is 12.0 Å². The SMILES string of the molecule is CCNC(=O)Nc1ccc([C@H]2O[C@@H](CSc3ncccc3C(=O)O)C[C@@H](c3ccc(CO)cc3)O2)cc1. The van der Waals surface area contributed by atoms with Gasteiger partial charge < -0.3 is 30.3 Å². The van der Waals surface area contributed by atoms with Crippen molar-refractivity contribution in [2.75, 3.05) is 17.6 Å². The monoisotopic (exact) mass is 523 g/mol. The van der Waals surface area contributed by atoms with E-state index in [1.807, 2.05) is 43.3 Å². The number of carbonyl (C=O) groups excluding carboxylic acids is 1. The summed E-state index contributed by atoms with van der Waals surface area (Å²) in [5.41, 5.74) is 3.36. The maximum absolute atomic E-state index is 11.8. The summed E-state index contributed by atoms with van der Waals surface area (Å²) in [7, 11) is 0. The highest BCUT2D eigenvalue weighted by atomic mass is 32.2. The number of benzene rings is 2. The molecule has 4 N–H and O–H groups in total. The molecule has 194 valence electrons. The Morgan fingerprint density at radius 3 is 2.46 bits per heavy atom. The van der Waals surface area contributed by atoms with Gasteiger partial charge in [-0.3, -0.25) is 0 Å². The highest BCUT2D eigenvalue weighted by molar-refractivity contribution is 7.99. The van der Waals surface area contributed by atoms with Crippen LogP contribution in [-0.4, -0.2) is 45.6 Å². The average Bonchev–Trinajstić information content (AvgIpc) is 2.92. The summed E-state index contributed by atoms with van der Waals surface area (Å²) in [6.07, 6.45) is 0.956. The average molecular weight is 524 g/mol. The zero-order valence-corrected chi connectivity index (χ0v) is 21.1. The van der Waals surface area contributed by atoms with Crippen molar-refractivity contribution in [2.45, 2.75) is 43.5 Å². The van der Waals surface area contributed by atoms with Crippen LogP contribution in [0.2, 0.25) is 0 Å². The number of carbonyl (C=O) groups is 2. The summed E-state index contributed by atoms with van der Waals surface area (Å²) < 4.78 is 12.6. The summed E-state index contributed by atoms with van der Waals surface area (Å²) >= 11 is 1.34. The standard InChI is InChI=1S/C27H29N3O6S/c1-2-28-27(34)30-20-11-9-19(10-12-20)26-35-21(16-37-24-22(25(32)33)4-3-13-29-24)14-23(36-26)18-7-5-17(15-31)6-8-18/h3-13,21,23,26,31H,2,14-16H2,1H3,(H,32,33)(H2,28,30,34)/t21-,23+,26+/m1/s1. The number of nitrogens with zero attached hydrogens (tertiary/aromatic N) is 1. The third-order valence-electron chi connectivity index (χ3n) is 5.80. The van der Waals surface area contributed by atoms with E-state index < -0.39 is 12.3 Å². The first-order chi connectivity index (χ1) is 18.0. The minimum Gasteiger partial charge on any atom is -0.478 e. The Hall–Kier alpha value is -3.44. The summed E-state index contributed by atoms with van der Waals surface area (Å²) in [6, 6.07) is 17.7. The van der Waals surface area contributed by atoms with E-state index in [4.69, 9.17) is 9.47 Å². The molecule has 10 heteroatoms. The number of hydrogen-bond donors (Lipinski definition) is 4. The fraction of sp³-hybridized carbons (Fsp3) is 0.296. The van der Waals surface area contributed by atoms with Crippen molar-refractivity contribution >= 4 is 29.4 Å². The number of aromatic nitrogens is 1. The number of hydrogen-bond acceptors (Lipinski definition) is 7. The van der Waals surface area contributed by atoms with Gasteiger partial charge in [0.05, 0.1) is 24.4 Å². The second kappa shape index (κ2) is 12.7. The Kier molecular flexibility index (Phi) is 9.13. The van der Waals surface area contributed by atoms with Crippen LogP contribution in [0.25, 0.3) is 0 Å². The van der Waals surface area contributed by atoms with Crippen molar-refractivity contribution in [3.63, 3.8) is 0 Å².